The highest BCUT2D eigenvalue weighted by atomic mass is 16.5. The summed E-state index contributed by atoms with van der Waals surface area (Å²) in [6.07, 6.45) is 4.64. The first-order valence-corrected chi connectivity index (χ1v) is 13.9. The summed E-state index contributed by atoms with van der Waals surface area (Å²) in [6.45, 7) is 15.6. The smallest absolute Gasteiger partial charge is 0.309 e. The highest BCUT2D eigenvalue weighted by Gasteiger charge is 2.58. The molecule has 3 rings (SSSR count). The Kier molecular flexibility index (Phi) is 9.06. The predicted octanol–water partition coefficient (Wildman–Crippen LogP) is 5.53. The molecule has 1 aliphatic carbocycles. The number of nitrogens with zero attached hydrogens (tertiary/aromatic N) is 1. The van der Waals surface area contributed by atoms with Gasteiger partial charge in [0, 0.05) is 12.1 Å². The van der Waals surface area contributed by atoms with E-state index < -0.39 is 35.6 Å². The van der Waals surface area contributed by atoms with Gasteiger partial charge in [-0.1, -0.05) is 54.0 Å². The Morgan fingerprint density at radius 3 is 2.43 bits per heavy atom. The molecule has 206 valence electrons. The van der Waals surface area contributed by atoms with E-state index in [-0.39, 0.29) is 23.5 Å². The average Bonchev–Trinajstić information content (AvgIpc) is 3.35. The topological polar surface area (TPSA) is 96.7 Å². The number of fused-ring (bicyclic) bond motifs is 1. The maximum Gasteiger partial charge on any atom is 0.309 e. The fourth-order valence-corrected chi connectivity index (χ4v) is 6.24. The number of carbonyl (C=O) groups excluding carboxylic acids is 2. The third kappa shape index (κ3) is 6.51. The summed E-state index contributed by atoms with van der Waals surface area (Å²) in [6, 6.07) is 3.96. The number of ketones is 1. The standard InChI is InChI=1S/C31H47NO5/c1-18-11-12-23(32-17-18)14-20(3)25-15-24-22(5)31(24,8)13-9-10-19(2)28(35)21(4)29(36)30(6,7)26(33)16-27(34)37-25/h11-12,14,17,19,21-22,24-26,28,33,35H,9-10,13,15-16H2,1-8H3/b20-14+/t19-,21+,22?,24?,25?,26-,28?,31?/m0/s1. The molecule has 1 saturated carbocycles. The van der Waals surface area contributed by atoms with Crippen LogP contribution in [0, 0.1) is 41.4 Å². The van der Waals surface area contributed by atoms with E-state index in [0.717, 1.165) is 36.1 Å². The van der Waals surface area contributed by atoms with Crippen molar-refractivity contribution in [2.75, 3.05) is 0 Å². The minimum absolute atomic E-state index is 0.0270. The molecule has 0 aromatic carbocycles. The van der Waals surface area contributed by atoms with Crippen LogP contribution < -0.4 is 0 Å². The Morgan fingerprint density at radius 1 is 1.14 bits per heavy atom. The number of rotatable bonds is 2. The van der Waals surface area contributed by atoms with Gasteiger partial charge in [0.1, 0.15) is 11.9 Å². The maximum absolute atomic E-state index is 13.3. The Morgan fingerprint density at radius 2 is 1.81 bits per heavy atom. The van der Waals surface area contributed by atoms with Crippen LogP contribution in [0.5, 0.6) is 0 Å². The number of aromatic nitrogens is 1. The second kappa shape index (κ2) is 11.4. The monoisotopic (exact) mass is 513 g/mol. The summed E-state index contributed by atoms with van der Waals surface area (Å²) < 4.78 is 6.01. The first-order chi connectivity index (χ1) is 17.2. The third-order valence-corrected chi connectivity index (χ3v) is 9.65. The second-order valence-electron chi connectivity index (χ2n) is 12.7. The van der Waals surface area contributed by atoms with Gasteiger partial charge in [0.25, 0.3) is 0 Å². The fraction of sp³-hybridized carbons (Fsp3) is 0.710. The summed E-state index contributed by atoms with van der Waals surface area (Å²) in [4.78, 5) is 30.9. The van der Waals surface area contributed by atoms with Crippen LogP contribution in [0.1, 0.15) is 91.8 Å². The van der Waals surface area contributed by atoms with Crippen LogP contribution >= 0.6 is 0 Å². The molecule has 1 saturated heterocycles. The molecule has 0 spiro atoms. The lowest BCUT2D eigenvalue weighted by molar-refractivity contribution is -0.154. The van der Waals surface area contributed by atoms with Crippen molar-refractivity contribution in [3.63, 3.8) is 0 Å². The largest absolute Gasteiger partial charge is 0.458 e. The number of aliphatic hydroxyl groups is 2. The minimum Gasteiger partial charge on any atom is -0.458 e. The molecule has 37 heavy (non-hydrogen) atoms. The van der Waals surface area contributed by atoms with E-state index in [1.807, 2.05) is 45.2 Å². The number of esters is 1. The van der Waals surface area contributed by atoms with Gasteiger partial charge in [-0.15, -0.1) is 0 Å². The molecule has 2 fully saturated rings. The molecule has 5 unspecified atom stereocenters. The van der Waals surface area contributed by atoms with Crippen molar-refractivity contribution in [2.45, 2.75) is 106 Å². The third-order valence-electron chi connectivity index (χ3n) is 9.65. The number of aryl methyl sites for hydroxylation is 1. The van der Waals surface area contributed by atoms with Crippen molar-refractivity contribution in [1.82, 2.24) is 4.98 Å². The van der Waals surface area contributed by atoms with Crippen LogP contribution in [0.15, 0.2) is 23.9 Å². The van der Waals surface area contributed by atoms with Crippen molar-refractivity contribution in [3.8, 4) is 0 Å². The molecule has 6 nitrogen and oxygen atoms in total. The Labute approximate surface area is 222 Å². The van der Waals surface area contributed by atoms with Crippen LogP contribution in [0.2, 0.25) is 0 Å². The second-order valence-corrected chi connectivity index (χ2v) is 12.7. The minimum atomic E-state index is -1.21. The zero-order valence-electron chi connectivity index (χ0n) is 24.0. The van der Waals surface area contributed by atoms with Gasteiger partial charge in [-0.05, 0) is 79.6 Å². The van der Waals surface area contributed by atoms with Crippen LogP contribution in [0.3, 0.4) is 0 Å². The molecule has 0 amide bonds. The fourth-order valence-electron chi connectivity index (χ4n) is 6.24. The van der Waals surface area contributed by atoms with E-state index in [2.05, 4.69) is 18.8 Å². The summed E-state index contributed by atoms with van der Waals surface area (Å²) in [7, 11) is 0. The SMILES string of the molecule is C/C(=C\c1ccc(C)cn1)C1CC2C(C)C2(C)CCC[C@H](C)C(O)[C@@H](C)C(=O)C(C)(C)[C@@H](O)CC(=O)O1. The van der Waals surface area contributed by atoms with Crippen LogP contribution in [0.4, 0.5) is 0 Å². The van der Waals surface area contributed by atoms with Gasteiger partial charge in [-0.2, -0.15) is 0 Å². The summed E-state index contributed by atoms with van der Waals surface area (Å²) in [5.74, 6) is -0.506. The number of Topliss-reactive ketones (excluding diaryl/α,β-unsaturated/α-hetero) is 1. The number of cyclic esters (lactones) is 1. The highest BCUT2D eigenvalue weighted by molar-refractivity contribution is 5.88. The number of hydrogen-bond donors (Lipinski definition) is 2. The Hall–Kier alpha value is -2.05. The van der Waals surface area contributed by atoms with Gasteiger partial charge in [0.2, 0.25) is 0 Å². The number of aliphatic hydroxyl groups excluding tert-OH is 2. The van der Waals surface area contributed by atoms with Crippen molar-refractivity contribution < 1.29 is 24.5 Å². The molecule has 2 aliphatic rings. The van der Waals surface area contributed by atoms with E-state index >= 15 is 0 Å². The zero-order chi connectivity index (χ0) is 27.7. The van der Waals surface area contributed by atoms with Crippen molar-refractivity contribution in [3.05, 3.63) is 35.2 Å². The number of ether oxygens (including phenoxy) is 1. The van der Waals surface area contributed by atoms with Crippen LogP contribution in [-0.4, -0.2) is 45.3 Å². The maximum atomic E-state index is 13.3. The van der Waals surface area contributed by atoms with Crippen LogP contribution in [-0.2, 0) is 14.3 Å². The molecule has 1 aromatic heterocycles. The number of hydrogen-bond acceptors (Lipinski definition) is 6. The molecule has 2 heterocycles. The molecule has 0 radical (unpaired) electrons. The normalized spacial score (nSPS) is 38.0. The Bertz CT molecular complexity index is 999. The quantitative estimate of drug-likeness (QED) is 0.505. The van der Waals surface area contributed by atoms with Crippen LogP contribution in [0.25, 0.3) is 6.08 Å². The summed E-state index contributed by atoms with van der Waals surface area (Å²) in [5.41, 5.74) is 1.77. The van der Waals surface area contributed by atoms with E-state index in [4.69, 9.17) is 4.74 Å². The summed E-state index contributed by atoms with van der Waals surface area (Å²) in [5, 5.41) is 21.9. The van der Waals surface area contributed by atoms with E-state index in [1.54, 1.807) is 20.8 Å². The number of pyridine rings is 1. The molecular weight excluding hydrogens is 466 g/mol. The highest BCUT2D eigenvalue weighted by Crippen LogP contribution is 2.63. The van der Waals surface area contributed by atoms with Gasteiger partial charge in [-0.25, -0.2) is 0 Å². The molecule has 0 bridgehead atoms. The average molecular weight is 514 g/mol. The van der Waals surface area contributed by atoms with Crippen molar-refractivity contribution >= 4 is 17.8 Å². The first-order valence-electron chi connectivity index (χ1n) is 13.9. The molecule has 2 N–H and O–H groups in total. The van der Waals surface area contributed by atoms with Gasteiger partial charge in [-0.3, -0.25) is 14.6 Å². The lowest BCUT2D eigenvalue weighted by Gasteiger charge is -2.34. The first kappa shape index (κ1) is 29.5. The zero-order valence-corrected chi connectivity index (χ0v) is 24.0. The summed E-state index contributed by atoms with van der Waals surface area (Å²) >= 11 is 0. The van der Waals surface area contributed by atoms with Gasteiger partial charge in [0.15, 0.2) is 0 Å². The lowest BCUT2D eigenvalue weighted by Crippen LogP contribution is -2.45. The molecular formula is C31H47NO5. The van der Waals surface area contributed by atoms with Gasteiger partial charge < -0.3 is 14.9 Å². The molecule has 1 aliphatic heterocycles. The molecule has 8 atom stereocenters. The van der Waals surface area contributed by atoms with Crippen molar-refractivity contribution in [1.29, 1.82) is 0 Å². The van der Waals surface area contributed by atoms with Gasteiger partial charge in [0.05, 0.1) is 29.7 Å². The van der Waals surface area contributed by atoms with Gasteiger partial charge >= 0.3 is 5.97 Å². The van der Waals surface area contributed by atoms with E-state index in [1.165, 1.54) is 0 Å². The lowest BCUT2D eigenvalue weighted by atomic mass is 9.73. The predicted molar refractivity (Wildman–Crippen MR) is 145 cm³/mol. The molecule has 6 heteroatoms. The van der Waals surface area contributed by atoms with E-state index in [0.29, 0.717) is 18.3 Å². The molecule has 1 aromatic rings. The van der Waals surface area contributed by atoms with E-state index in [9.17, 15) is 19.8 Å². The number of carbonyl (C=O) groups is 2. The Balaban J connectivity index is 1.90. The van der Waals surface area contributed by atoms with Crippen molar-refractivity contribution in [2.24, 2.45) is 34.5 Å².